The zero-order valence-electron chi connectivity index (χ0n) is 10.4. The lowest BCUT2D eigenvalue weighted by atomic mass is 10.1. The molecule has 0 aliphatic heterocycles. The van der Waals surface area contributed by atoms with Gasteiger partial charge in [-0.3, -0.25) is 4.79 Å². The summed E-state index contributed by atoms with van der Waals surface area (Å²) in [5.74, 6) is -1.58. The summed E-state index contributed by atoms with van der Waals surface area (Å²) in [6, 6.07) is 10.0. The van der Waals surface area contributed by atoms with E-state index in [2.05, 4.69) is 0 Å². The molecule has 0 aliphatic rings. The van der Waals surface area contributed by atoms with Crippen molar-refractivity contribution in [1.29, 1.82) is 0 Å². The van der Waals surface area contributed by atoms with E-state index in [4.69, 9.17) is 9.84 Å². The number of rotatable bonds is 5. The van der Waals surface area contributed by atoms with Gasteiger partial charge in [-0.25, -0.2) is 9.18 Å². The van der Waals surface area contributed by atoms with Crippen LogP contribution in [0.5, 0.6) is 5.75 Å². The van der Waals surface area contributed by atoms with E-state index in [0.717, 1.165) is 6.07 Å². The van der Waals surface area contributed by atoms with Gasteiger partial charge in [0.25, 0.3) is 0 Å². The maximum Gasteiger partial charge on any atom is 0.335 e. The largest absolute Gasteiger partial charge is 0.486 e. The molecule has 0 radical (unpaired) electrons. The quantitative estimate of drug-likeness (QED) is 0.851. The van der Waals surface area contributed by atoms with Gasteiger partial charge in [0, 0.05) is 5.56 Å². The fraction of sp³-hybridized carbons (Fsp3) is 0.0667. The van der Waals surface area contributed by atoms with Crippen molar-refractivity contribution in [2.24, 2.45) is 0 Å². The number of aromatic carboxylic acids is 1. The third-order valence-electron chi connectivity index (χ3n) is 2.69. The summed E-state index contributed by atoms with van der Waals surface area (Å²) in [6.45, 7) is 0.108. The highest BCUT2D eigenvalue weighted by atomic mass is 19.1. The van der Waals surface area contributed by atoms with Gasteiger partial charge in [-0.1, -0.05) is 12.1 Å². The molecule has 0 unspecified atom stereocenters. The fourth-order valence-electron chi connectivity index (χ4n) is 1.61. The molecule has 102 valence electrons. The number of halogens is 1. The predicted molar refractivity (Wildman–Crippen MR) is 69.5 cm³/mol. The summed E-state index contributed by atoms with van der Waals surface area (Å²) < 4.78 is 18.8. The van der Waals surface area contributed by atoms with E-state index in [1.165, 1.54) is 24.3 Å². The molecule has 0 saturated heterocycles. The van der Waals surface area contributed by atoms with Gasteiger partial charge in [0.15, 0.2) is 11.6 Å². The molecule has 2 aromatic carbocycles. The molecule has 0 amide bonds. The molecule has 0 aromatic heterocycles. The Morgan fingerprint density at radius 2 is 1.90 bits per heavy atom. The van der Waals surface area contributed by atoms with Crippen molar-refractivity contribution in [2.75, 3.05) is 0 Å². The number of aldehydes is 1. The average molecular weight is 274 g/mol. The van der Waals surface area contributed by atoms with Crippen molar-refractivity contribution >= 4 is 12.3 Å². The van der Waals surface area contributed by atoms with Crippen LogP contribution in [0.2, 0.25) is 0 Å². The minimum Gasteiger partial charge on any atom is -0.486 e. The minimum absolute atomic E-state index is 0.0397. The van der Waals surface area contributed by atoms with Crippen molar-refractivity contribution in [2.45, 2.75) is 6.61 Å². The molecule has 4 nitrogen and oxygen atoms in total. The number of hydrogen-bond acceptors (Lipinski definition) is 3. The highest BCUT2D eigenvalue weighted by molar-refractivity contribution is 5.87. The Labute approximate surface area is 114 Å². The lowest BCUT2D eigenvalue weighted by Gasteiger charge is -2.07. The molecule has 0 saturated carbocycles. The molecule has 0 heterocycles. The molecule has 2 aromatic rings. The highest BCUT2D eigenvalue weighted by Crippen LogP contribution is 2.19. The van der Waals surface area contributed by atoms with E-state index in [1.807, 2.05) is 0 Å². The van der Waals surface area contributed by atoms with Crippen LogP contribution in [0.25, 0.3) is 0 Å². The second-order valence-electron chi connectivity index (χ2n) is 4.10. The first-order valence-corrected chi connectivity index (χ1v) is 5.80. The molecule has 0 fully saturated rings. The Morgan fingerprint density at radius 1 is 1.20 bits per heavy atom. The van der Waals surface area contributed by atoms with Crippen LogP contribution in [0, 0.1) is 5.82 Å². The van der Waals surface area contributed by atoms with Crippen LogP contribution in [0.1, 0.15) is 26.3 Å². The van der Waals surface area contributed by atoms with Crippen LogP contribution >= 0.6 is 0 Å². The van der Waals surface area contributed by atoms with Gasteiger partial charge in [-0.2, -0.15) is 0 Å². The van der Waals surface area contributed by atoms with Crippen molar-refractivity contribution < 1.29 is 23.8 Å². The SMILES string of the molecule is O=Cc1ccc(OCc2ccc(C(=O)O)cc2)c(F)c1. The number of carboxylic acid groups (broad SMARTS) is 1. The Balaban J connectivity index is 2.05. The van der Waals surface area contributed by atoms with Gasteiger partial charge in [-0.05, 0) is 35.9 Å². The first-order chi connectivity index (χ1) is 9.60. The van der Waals surface area contributed by atoms with Crippen molar-refractivity contribution in [3.63, 3.8) is 0 Å². The lowest BCUT2D eigenvalue weighted by Crippen LogP contribution is -2.00. The molecule has 5 heteroatoms. The Hall–Kier alpha value is -2.69. The third kappa shape index (κ3) is 3.20. The fourth-order valence-corrected chi connectivity index (χ4v) is 1.61. The second kappa shape index (κ2) is 5.97. The summed E-state index contributed by atoms with van der Waals surface area (Å²) in [5.41, 5.74) is 1.13. The molecule has 1 N–H and O–H groups in total. The average Bonchev–Trinajstić information content (AvgIpc) is 2.46. The maximum absolute atomic E-state index is 13.5. The molecular formula is C15H11FO4. The summed E-state index contributed by atoms with van der Waals surface area (Å²) in [5, 5.41) is 8.76. The zero-order valence-corrected chi connectivity index (χ0v) is 10.4. The number of hydrogen-bond donors (Lipinski definition) is 1. The standard InChI is InChI=1S/C15H11FO4/c16-13-7-11(8-17)3-6-14(13)20-9-10-1-4-12(5-2-10)15(18)19/h1-8H,9H2,(H,18,19). The molecule has 0 spiro atoms. The smallest absolute Gasteiger partial charge is 0.335 e. The Bertz CT molecular complexity index is 635. The van der Waals surface area contributed by atoms with Gasteiger partial charge >= 0.3 is 5.97 Å². The predicted octanol–water partition coefficient (Wildman–Crippen LogP) is 2.92. The Kier molecular flexibility index (Phi) is 4.10. The molecule has 20 heavy (non-hydrogen) atoms. The summed E-state index contributed by atoms with van der Waals surface area (Å²) >= 11 is 0. The van der Waals surface area contributed by atoms with Crippen molar-refractivity contribution in [1.82, 2.24) is 0 Å². The maximum atomic E-state index is 13.5. The van der Waals surface area contributed by atoms with E-state index in [0.29, 0.717) is 11.8 Å². The van der Waals surface area contributed by atoms with Crippen LogP contribution in [0.4, 0.5) is 4.39 Å². The molecule has 0 bridgehead atoms. The monoisotopic (exact) mass is 274 g/mol. The Morgan fingerprint density at radius 3 is 2.45 bits per heavy atom. The van der Waals surface area contributed by atoms with Crippen LogP contribution < -0.4 is 4.74 Å². The van der Waals surface area contributed by atoms with Crippen LogP contribution in [-0.2, 0) is 6.61 Å². The third-order valence-corrected chi connectivity index (χ3v) is 2.69. The van der Waals surface area contributed by atoms with Crippen LogP contribution in [0.15, 0.2) is 42.5 Å². The molecule has 0 aliphatic carbocycles. The lowest BCUT2D eigenvalue weighted by molar-refractivity contribution is 0.0696. The van der Waals surface area contributed by atoms with Gasteiger partial charge in [0.2, 0.25) is 0 Å². The van der Waals surface area contributed by atoms with Gasteiger partial charge < -0.3 is 9.84 Å². The highest BCUT2D eigenvalue weighted by Gasteiger charge is 2.06. The second-order valence-corrected chi connectivity index (χ2v) is 4.10. The molecule has 2 rings (SSSR count). The molecular weight excluding hydrogens is 263 g/mol. The zero-order chi connectivity index (χ0) is 14.5. The number of benzene rings is 2. The number of carbonyl (C=O) groups is 2. The summed E-state index contributed by atoms with van der Waals surface area (Å²) in [7, 11) is 0. The van der Waals surface area contributed by atoms with Crippen LogP contribution in [0.3, 0.4) is 0 Å². The minimum atomic E-state index is -1.01. The van der Waals surface area contributed by atoms with E-state index >= 15 is 0 Å². The van der Waals surface area contributed by atoms with Gasteiger partial charge in [0.1, 0.15) is 12.9 Å². The van der Waals surface area contributed by atoms with Crippen LogP contribution in [-0.4, -0.2) is 17.4 Å². The van der Waals surface area contributed by atoms with E-state index in [1.54, 1.807) is 12.1 Å². The van der Waals surface area contributed by atoms with E-state index in [-0.39, 0.29) is 23.5 Å². The summed E-state index contributed by atoms with van der Waals surface area (Å²) in [6.07, 6.45) is 0.553. The van der Waals surface area contributed by atoms with E-state index < -0.39 is 11.8 Å². The number of ether oxygens (including phenoxy) is 1. The summed E-state index contributed by atoms with van der Waals surface area (Å²) in [4.78, 5) is 21.2. The normalized spacial score (nSPS) is 10.1. The first kappa shape index (κ1) is 13.7. The first-order valence-electron chi connectivity index (χ1n) is 5.80. The molecule has 0 atom stereocenters. The van der Waals surface area contributed by atoms with Gasteiger partial charge in [-0.15, -0.1) is 0 Å². The number of carboxylic acids is 1. The number of carbonyl (C=O) groups excluding carboxylic acids is 1. The topological polar surface area (TPSA) is 63.6 Å². The van der Waals surface area contributed by atoms with Crippen molar-refractivity contribution in [3.8, 4) is 5.75 Å². The van der Waals surface area contributed by atoms with Crippen molar-refractivity contribution in [3.05, 3.63) is 65.0 Å². The van der Waals surface area contributed by atoms with E-state index in [9.17, 15) is 14.0 Å². The van der Waals surface area contributed by atoms with Gasteiger partial charge in [0.05, 0.1) is 5.56 Å².